The van der Waals surface area contributed by atoms with Gasteiger partial charge in [0.2, 0.25) is 5.91 Å². The molecule has 0 fully saturated rings. The van der Waals surface area contributed by atoms with E-state index in [2.05, 4.69) is 21.4 Å². The SMILES string of the molecule is CCOc1ccc(NC(=O)/C=C/c2cc3c(cn2)[nH]c2ccccc23)cc1OCC. The van der Waals surface area contributed by atoms with E-state index in [9.17, 15) is 4.79 Å². The minimum atomic E-state index is -0.248. The van der Waals surface area contributed by atoms with Crippen LogP contribution in [0.4, 0.5) is 5.69 Å². The minimum absolute atomic E-state index is 0.248. The quantitative estimate of drug-likeness (QED) is 0.419. The van der Waals surface area contributed by atoms with Crippen LogP contribution in [-0.2, 0) is 4.79 Å². The molecule has 2 heterocycles. The van der Waals surface area contributed by atoms with Crippen molar-refractivity contribution in [3.63, 3.8) is 0 Å². The molecule has 0 saturated carbocycles. The first-order valence-electron chi connectivity index (χ1n) is 9.93. The second-order valence-corrected chi connectivity index (χ2v) is 6.68. The van der Waals surface area contributed by atoms with E-state index in [4.69, 9.17) is 9.47 Å². The van der Waals surface area contributed by atoms with E-state index < -0.39 is 0 Å². The van der Waals surface area contributed by atoms with Crippen LogP contribution in [0.1, 0.15) is 19.5 Å². The first kappa shape index (κ1) is 19.5. The van der Waals surface area contributed by atoms with Crippen molar-refractivity contribution in [1.29, 1.82) is 0 Å². The van der Waals surface area contributed by atoms with Gasteiger partial charge in [-0.1, -0.05) is 18.2 Å². The number of H-pyrrole nitrogens is 1. The van der Waals surface area contributed by atoms with Crippen LogP contribution >= 0.6 is 0 Å². The predicted octanol–water partition coefficient (Wildman–Crippen LogP) is 5.17. The number of fused-ring (bicyclic) bond motifs is 3. The summed E-state index contributed by atoms with van der Waals surface area (Å²) in [6.45, 7) is 4.88. The summed E-state index contributed by atoms with van der Waals surface area (Å²) >= 11 is 0. The molecule has 4 aromatic rings. The molecule has 152 valence electrons. The number of carbonyl (C=O) groups excluding carboxylic acids is 1. The summed E-state index contributed by atoms with van der Waals surface area (Å²) in [7, 11) is 0. The molecule has 0 spiro atoms. The molecular weight excluding hydrogens is 378 g/mol. The summed E-state index contributed by atoms with van der Waals surface area (Å²) in [6.07, 6.45) is 4.96. The van der Waals surface area contributed by atoms with Crippen LogP contribution in [0.5, 0.6) is 11.5 Å². The van der Waals surface area contributed by atoms with Gasteiger partial charge in [0.05, 0.1) is 30.6 Å². The molecule has 0 unspecified atom stereocenters. The van der Waals surface area contributed by atoms with E-state index >= 15 is 0 Å². The Bertz CT molecular complexity index is 1230. The average molecular weight is 401 g/mol. The molecule has 0 aliphatic rings. The van der Waals surface area contributed by atoms with Gasteiger partial charge in [0.1, 0.15) is 0 Å². The third-order valence-electron chi connectivity index (χ3n) is 4.63. The van der Waals surface area contributed by atoms with E-state index in [-0.39, 0.29) is 5.91 Å². The number of pyridine rings is 1. The average Bonchev–Trinajstić information content (AvgIpc) is 3.12. The number of nitrogens with one attached hydrogen (secondary N) is 2. The van der Waals surface area contributed by atoms with Gasteiger partial charge < -0.3 is 19.8 Å². The monoisotopic (exact) mass is 401 g/mol. The zero-order valence-corrected chi connectivity index (χ0v) is 16.9. The predicted molar refractivity (Wildman–Crippen MR) is 120 cm³/mol. The molecule has 30 heavy (non-hydrogen) atoms. The van der Waals surface area contributed by atoms with Crippen LogP contribution < -0.4 is 14.8 Å². The molecule has 6 nitrogen and oxygen atoms in total. The lowest BCUT2D eigenvalue weighted by molar-refractivity contribution is -0.111. The number of ether oxygens (including phenoxy) is 2. The standard InChI is InChI=1S/C24H23N3O3/c1-3-29-22-11-9-17(14-23(22)30-4-2)26-24(28)12-10-16-13-19-18-7-5-6-8-20(18)27-21(19)15-25-16/h5-15,27H,3-4H2,1-2H3,(H,26,28)/b12-10+. The molecule has 0 aliphatic heterocycles. The van der Waals surface area contributed by atoms with Crippen molar-refractivity contribution in [1.82, 2.24) is 9.97 Å². The summed E-state index contributed by atoms with van der Waals surface area (Å²) in [5, 5.41) is 5.06. The fourth-order valence-corrected chi connectivity index (χ4v) is 3.33. The largest absolute Gasteiger partial charge is 0.490 e. The Morgan fingerprint density at radius 1 is 1.00 bits per heavy atom. The number of hydrogen-bond donors (Lipinski definition) is 2. The molecule has 0 saturated heterocycles. The topological polar surface area (TPSA) is 76.2 Å². The Balaban J connectivity index is 1.51. The van der Waals surface area contributed by atoms with Gasteiger partial charge in [-0.25, -0.2) is 0 Å². The Kier molecular flexibility index (Phi) is 5.66. The van der Waals surface area contributed by atoms with Crippen LogP contribution in [0, 0.1) is 0 Å². The van der Waals surface area contributed by atoms with Gasteiger partial charge in [-0.2, -0.15) is 0 Å². The van der Waals surface area contributed by atoms with Crippen LogP contribution in [-0.4, -0.2) is 29.1 Å². The number of carbonyl (C=O) groups is 1. The Hall–Kier alpha value is -3.80. The number of benzene rings is 2. The molecule has 0 radical (unpaired) electrons. The van der Waals surface area contributed by atoms with Crippen molar-refractivity contribution in [3.8, 4) is 11.5 Å². The van der Waals surface area contributed by atoms with Gasteiger partial charge in [0.15, 0.2) is 11.5 Å². The number of aromatic nitrogens is 2. The van der Waals surface area contributed by atoms with Crippen molar-refractivity contribution < 1.29 is 14.3 Å². The normalized spacial score (nSPS) is 11.3. The fourth-order valence-electron chi connectivity index (χ4n) is 3.33. The molecule has 2 N–H and O–H groups in total. The minimum Gasteiger partial charge on any atom is -0.490 e. The number of hydrogen-bond acceptors (Lipinski definition) is 4. The maximum Gasteiger partial charge on any atom is 0.248 e. The smallest absolute Gasteiger partial charge is 0.248 e. The Labute approximate surface area is 174 Å². The summed E-state index contributed by atoms with van der Waals surface area (Å²) < 4.78 is 11.2. The highest BCUT2D eigenvalue weighted by atomic mass is 16.5. The molecule has 4 rings (SSSR count). The van der Waals surface area contributed by atoms with Crippen molar-refractivity contribution in [2.24, 2.45) is 0 Å². The van der Waals surface area contributed by atoms with Crippen LogP contribution in [0.2, 0.25) is 0 Å². The molecule has 2 aromatic carbocycles. The van der Waals surface area contributed by atoms with E-state index in [0.29, 0.717) is 36.1 Å². The molecule has 0 bridgehead atoms. The number of amides is 1. The molecule has 6 heteroatoms. The van der Waals surface area contributed by atoms with Gasteiger partial charge in [-0.15, -0.1) is 0 Å². The molecule has 1 amide bonds. The lowest BCUT2D eigenvalue weighted by Crippen LogP contribution is -2.08. The second-order valence-electron chi connectivity index (χ2n) is 6.68. The third kappa shape index (κ3) is 4.12. The zero-order chi connectivity index (χ0) is 20.9. The van der Waals surface area contributed by atoms with Gasteiger partial charge in [0.25, 0.3) is 0 Å². The van der Waals surface area contributed by atoms with Crippen molar-refractivity contribution in [2.45, 2.75) is 13.8 Å². The lowest BCUT2D eigenvalue weighted by atomic mass is 10.1. The lowest BCUT2D eigenvalue weighted by Gasteiger charge is -2.12. The first-order valence-corrected chi connectivity index (χ1v) is 9.93. The zero-order valence-electron chi connectivity index (χ0n) is 16.9. The van der Waals surface area contributed by atoms with E-state index in [1.54, 1.807) is 30.5 Å². The summed E-state index contributed by atoms with van der Waals surface area (Å²) in [6, 6.07) is 15.4. The van der Waals surface area contributed by atoms with Crippen molar-refractivity contribution >= 4 is 39.5 Å². The van der Waals surface area contributed by atoms with E-state index in [0.717, 1.165) is 21.8 Å². The Morgan fingerprint density at radius 2 is 1.80 bits per heavy atom. The van der Waals surface area contributed by atoms with Gasteiger partial charge in [-0.3, -0.25) is 9.78 Å². The summed E-state index contributed by atoms with van der Waals surface area (Å²) in [5.74, 6) is 1.01. The number of anilines is 1. The number of para-hydroxylation sites is 1. The van der Waals surface area contributed by atoms with Crippen LogP contribution in [0.25, 0.3) is 27.9 Å². The number of aromatic amines is 1. The highest BCUT2D eigenvalue weighted by Crippen LogP contribution is 2.30. The van der Waals surface area contributed by atoms with Crippen LogP contribution in [0.15, 0.2) is 60.8 Å². The highest BCUT2D eigenvalue weighted by molar-refractivity contribution is 6.07. The highest BCUT2D eigenvalue weighted by Gasteiger charge is 2.08. The first-order chi connectivity index (χ1) is 14.7. The van der Waals surface area contributed by atoms with E-state index in [1.807, 2.05) is 38.1 Å². The molecular formula is C24H23N3O3. The van der Waals surface area contributed by atoms with E-state index in [1.165, 1.54) is 6.08 Å². The molecule has 2 aromatic heterocycles. The van der Waals surface area contributed by atoms with Gasteiger partial charge in [0, 0.05) is 34.1 Å². The maximum absolute atomic E-state index is 12.4. The number of nitrogens with zero attached hydrogens (tertiary/aromatic N) is 1. The van der Waals surface area contributed by atoms with Crippen LogP contribution in [0.3, 0.4) is 0 Å². The number of rotatable bonds is 7. The summed E-state index contributed by atoms with van der Waals surface area (Å²) in [4.78, 5) is 20.1. The van der Waals surface area contributed by atoms with Gasteiger partial charge >= 0.3 is 0 Å². The second kappa shape index (κ2) is 8.69. The molecule has 0 aliphatic carbocycles. The van der Waals surface area contributed by atoms with Gasteiger partial charge in [-0.05, 0) is 44.2 Å². The maximum atomic E-state index is 12.4. The van der Waals surface area contributed by atoms with Crippen molar-refractivity contribution in [3.05, 3.63) is 66.5 Å². The molecule has 0 atom stereocenters. The fraction of sp³-hybridized carbons (Fsp3) is 0.167. The Morgan fingerprint density at radius 3 is 2.63 bits per heavy atom. The van der Waals surface area contributed by atoms with Crippen molar-refractivity contribution in [2.75, 3.05) is 18.5 Å². The summed E-state index contributed by atoms with van der Waals surface area (Å²) in [5.41, 5.74) is 3.38. The third-order valence-corrected chi connectivity index (χ3v) is 4.63.